The summed E-state index contributed by atoms with van der Waals surface area (Å²) in [5, 5.41) is 8.71. The molecule has 130 valence electrons. The third-order valence-corrected chi connectivity index (χ3v) is 3.91. The Balaban J connectivity index is 1.45. The highest BCUT2D eigenvalue weighted by molar-refractivity contribution is 6.33. The Morgan fingerprint density at radius 1 is 1.12 bits per heavy atom. The van der Waals surface area contributed by atoms with Gasteiger partial charge in [0.25, 0.3) is 0 Å². The van der Waals surface area contributed by atoms with Crippen LogP contribution in [0.2, 0.25) is 5.02 Å². The van der Waals surface area contributed by atoms with Gasteiger partial charge in [0.05, 0.1) is 10.7 Å². The summed E-state index contributed by atoms with van der Waals surface area (Å²) in [5.41, 5.74) is 1.91. The van der Waals surface area contributed by atoms with Gasteiger partial charge in [0.15, 0.2) is 0 Å². The third kappa shape index (κ3) is 3.43. The first-order valence-corrected chi connectivity index (χ1v) is 8.09. The van der Waals surface area contributed by atoms with Gasteiger partial charge in [-0.05, 0) is 36.4 Å². The molecule has 0 bridgehead atoms. The van der Waals surface area contributed by atoms with Crippen molar-refractivity contribution in [3.8, 4) is 23.2 Å². The van der Waals surface area contributed by atoms with E-state index < -0.39 is 0 Å². The standard InChI is InChI=1S/C18H12ClFN4O2/c19-16-7-2-1-6-15(16)17-21-18(26-23-17)25-11-13-8-9-24(22-13)14-5-3-4-12(20)10-14/h1-10H,11H2. The topological polar surface area (TPSA) is 66.0 Å². The molecule has 8 heteroatoms. The van der Waals surface area contributed by atoms with Gasteiger partial charge < -0.3 is 4.74 Å². The Hall–Kier alpha value is -3.19. The Bertz CT molecular complexity index is 1050. The fraction of sp³-hybridized carbons (Fsp3) is 0.0556. The molecule has 26 heavy (non-hydrogen) atoms. The van der Waals surface area contributed by atoms with Gasteiger partial charge >= 0.3 is 6.08 Å². The predicted molar refractivity (Wildman–Crippen MR) is 92.6 cm³/mol. The number of rotatable bonds is 5. The van der Waals surface area contributed by atoms with Crippen LogP contribution < -0.4 is 4.74 Å². The molecule has 2 heterocycles. The van der Waals surface area contributed by atoms with Gasteiger partial charge in [0.1, 0.15) is 18.1 Å². The van der Waals surface area contributed by atoms with Crippen LogP contribution in [-0.2, 0) is 6.61 Å². The number of aromatic nitrogens is 4. The molecular weight excluding hydrogens is 359 g/mol. The second-order valence-corrected chi connectivity index (χ2v) is 5.79. The molecule has 4 rings (SSSR count). The van der Waals surface area contributed by atoms with Crippen molar-refractivity contribution in [2.24, 2.45) is 0 Å². The van der Waals surface area contributed by atoms with E-state index in [-0.39, 0.29) is 18.5 Å². The molecule has 0 atom stereocenters. The highest BCUT2D eigenvalue weighted by atomic mass is 35.5. The van der Waals surface area contributed by atoms with E-state index in [1.807, 2.05) is 12.1 Å². The minimum absolute atomic E-state index is 0.0141. The SMILES string of the molecule is Fc1cccc(-n2ccc(COc3nc(-c4ccccc4Cl)no3)n2)c1. The summed E-state index contributed by atoms with van der Waals surface area (Å²) < 4.78 is 25.4. The summed E-state index contributed by atoms with van der Waals surface area (Å²) >= 11 is 6.11. The first kappa shape index (κ1) is 16.3. The molecule has 2 aromatic carbocycles. The van der Waals surface area contributed by atoms with Crippen LogP contribution in [0.25, 0.3) is 17.1 Å². The Morgan fingerprint density at radius 3 is 2.85 bits per heavy atom. The highest BCUT2D eigenvalue weighted by Gasteiger charge is 2.13. The normalized spacial score (nSPS) is 10.8. The van der Waals surface area contributed by atoms with Crippen molar-refractivity contribution >= 4 is 11.6 Å². The Labute approximate surface area is 152 Å². The second kappa shape index (κ2) is 6.97. The molecule has 0 spiro atoms. The van der Waals surface area contributed by atoms with E-state index in [4.69, 9.17) is 20.9 Å². The Kier molecular flexibility index (Phi) is 4.37. The summed E-state index contributed by atoms with van der Waals surface area (Å²) in [7, 11) is 0. The third-order valence-electron chi connectivity index (χ3n) is 3.58. The van der Waals surface area contributed by atoms with Gasteiger partial charge in [-0.15, -0.1) is 0 Å². The minimum Gasteiger partial charge on any atom is -0.442 e. The van der Waals surface area contributed by atoms with Crippen molar-refractivity contribution in [2.45, 2.75) is 6.61 Å². The van der Waals surface area contributed by atoms with E-state index in [9.17, 15) is 4.39 Å². The van der Waals surface area contributed by atoms with Crippen LogP contribution in [0.1, 0.15) is 5.69 Å². The lowest BCUT2D eigenvalue weighted by molar-refractivity contribution is 0.192. The summed E-state index contributed by atoms with van der Waals surface area (Å²) in [6, 6.07) is 15.1. The van der Waals surface area contributed by atoms with Crippen molar-refractivity contribution < 1.29 is 13.7 Å². The summed E-state index contributed by atoms with van der Waals surface area (Å²) in [4.78, 5) is 4.16. The molecule has 0 aliphatic heterocycles. The van der Waals surface area contributed by atoms with Crippen molar-refractivity contribution in [2.75, 3.05) is 0 Å². The van der Waals surface area contributed by atoms with Gasteiger partial charge in [0.2, 0.25) is 5.82 Å². The molecule has 2 aromatic heterocycles. The zero-order chi connectivity index (χ0) is 17.9. The Morgan fingerprint density at radius 2 is 2.00 bits per heavy atom. The lowest BCUT2D eigenvalue weighted by atomic mass is 10.2. The zero-order valence-electron chi connectivity index (χ0n) is 13.3. The molecule has 0 aliphatic carbocycles. The molecule has 0 saturated heterocycles. The van der Waals surface area contributed by atoms with E-state index in [0.29, 0.717) is 27.8 Å². The van der Waals surface area contributed by atoms with Crippen LogP contribution in [0.3, 0.4) is 0 Å². The van der Waals surface area contributed by atoms with Crippen LogP contribution in [0.15, 0.2) is 65.3 Å². The number of halogens is 2. The smallest absolute Gasteiger partial charge is 0.418 e. The summed E-state index contributed by atoms with van der Waals surface area (Å²) in [6.45, 7) is 0.131. The largest absolute Gasteiger partial charge is 0.442 e. The van der Waals surface area contributed by atoms with Gasteiger partial charge in [-0.25, -0.2) is 9.07 Å². The van der Waals surface area contributed by atoms with Crippen molar-refractivity contribution in [3.05, 3.63) is 77.3 Å². The molecule has 0 fully saturated rings. The molecule has 0 unspecified atom stereocenters. The van der Waals surface area contributed by atoms with E-state index >= 15 is 0 Å². The number of nitrogens with zero attached hydrogens (tertiary/aromatic N) is 4. The number of hydrogen-bond donors (Lipinski definition) is 0. The fourth-order valence-corrected chi connectivity index (χ4v) is 2.58. The number of benzene rings is 2. The van der Waals surface area contributed by atoms with Crippen LogP contribution >= 0.6 is 11.6 Å². The number of ether oxygens (including phenoxy) is 1. The van der Waals surface area contributed by atoms with Gasteiger partial charge in [0, 0.05) is 11.8 Å². The van der Waals surface area contributed by atoms with Crippen LogP contribution in [0.4, 0.5) is 4.39 Å². The van der Waals surface area contributed by atoms with E-state index in [2.05, 4.69) is 15.2 Å². The molecule has 0 radical (unpaired) electrons. The average Bonchev–Trinajstić information content (AvgIpc) is 3.30. The van der Waals surface area contributed by atoms with E-state index in [0.717, 1.165) is 0 Å². The highest BCUT2D eigenvalue weighted by Crippen LogP contribution is 2.26. The molecule has 4 aromatic rings. The maximum absolute atomic E-state index is 13.3. The maximum Gasteiger partial charge on any atom is 0.418 e. The zero-order valence-corrected chi connectivity index (χ0v) is 14.1. The quantitative estimate of drug-likeness (QED) is 0.524. The van der Waals surface area contributed by atoms with E-state index in [1.54, 1.807) is 41.2 Å². The van der Waals surface area contributed by atoms with Crippen molar-refractivity contribution in [1.29, 1.82) is 0 Å². The average molecular weight is 371 g/mol. The first-order valence-electron chi connectivity index (χ1n) is 7.71. The number of hydrogen-bond acceptors (Lipinski definition) is 5. The van der Waals surface area contributed by atoms with E-state index in [1.165, 1.54) is 12.1 Å². The maximum atomic E-state index is 13.3. The molecule has 6 nitrogen and oxygen atoms in total. The van der Waals surface area contributed by atoms with Crippen LogP contribution in [0.5, 0.6) is 6.08 Å². The van der Waals surface area contributed by atoms with Gasteiger partial charge in [-0.1, -0.05) is 35.0 Å². The molecule has 0 saturated carbocycles. The van der Waals surface area contributed by atoms with Gasteiger partial charge in [-0.3, -0.25) is 4.52 Å². The lowest BCUT2D eigenvalue weighted by Crippen LogP contribution is -2.00. The summed E-state index contributed by atoms with van der Waals surface area (Å²) in [6.07, 6.45) is 1.73. The predicted octanol–water partition coefficient (Wildman–Crippen LogP) is 4.29. The molecule has 0 aliphatic rings. The monoisotopic (exact) mass is 370 g/mol. The van der Waals surface area contributed by atoms with Crippen molar-refractivity contribution in [3.63, 3.8) is 0 Å². The van der Waals surface area contributed by atoms with Crippen LogP contribution in [0, 0.1) is 5.82 Å². The minimum atomic E-state index is -0.325. The second-order valence-electron chi connectivity index (χ2n) is 5.38. The molecular formula is C18H12ClFN4O2. The lowest BCUT2D eigenvalue weighted by Gasteiger charge is -2.01. The first-order chi connectivity index (χ1) is 12.7. The summed E-state index contributed by atoms with van der Waals surface area (Å²) in [5.74, 6) is 0.0182. The molecule has 0 N–H and O–H groups in total. The van der Waals surface area contributed by atoms with Gasteiger partial charge in [-0.2, -0.15) is 10.1 Å². The fourth-order valence-electron chi connectivity index (χ4n) is 2.36. The van der Waals surface area contributed by atoms with Crippen molar-refractivity contribution in [1.82, 2.24) is 19.9 Å². The van der Waals surface area contributed by atoms with Crippen LogP contribution in [-0.4, -0.2) is 19.9 Å². The molecule has 0 amide bonds.